The lowest BCUT2D eigenvalue weighted by molar-refractivity contribution is -0.183. The summed E-state index contributed by atoms with van der Waals surface area (Å²) in [6, 6.07) is 0. The van der Waals surface area contributed by atoms with Crippen LogP contribution in [-0.4, -0.2) is 73.9 Å². The van der Waals surface area contributed by atoms with Crippen LogP contribution in [0.2, 0.25) is 0 Å². The van der Waals surface area contributed by atoms with Crippen LogP contribution in [0.15, 0.2) is 0 Å². The molecule has 0 aromatic heterocycles. The van der Waals surface area contributed by atoms with E-state index < -0.39 is 6.29 Å². The third kappa shape index (κ3) is 12.0. The van der Waals surface area contributed by atoms with E-state index in [1.54, 1.807) is 21.3 Å². The predicted molar refractivity (Wildman–Crippen MR) is 62.1 cm³/mol. The Hall–Kier alpha value is -0.240. The van der Waals surface area contributed by atoms with Gasteiger partial charge < -0.3 is 28.4 Å². The van der Waals surface area contributed by atoms with Crippen molar-refractivity contribution in [1.82, 2.24) is 0 Å². The molecule has 6 heteroatoms. The summed E-state index contributed by atoms with van der Waals surface area (Å²) >= 11 is 0. The highest BCUT2D eigenvalue weighted by atomic mass is 16.7. The van der Waals surface area contributed by atoms with Gasteiger partial charge in [-0.3, -0.25) is 0 Å². The molecule has 0 spiro atoms. The van der Waals surface area contributed by atoms with E-state index in [2.05, 4.69) is 0 Å². The van der Waals surface area contributed by atoms with Gasteiger partial charge in [0.2, 0.25) is 0 Å². The van der Waals surface area contributed by atoms with Gasteiger partial charge in [-0.1, -0.05) is 0 Å². The highest BCUT2D eigenvalue weighted by Crippen LogP contribution is 1.97. The molecule has 104 valence electrons. The summed E-state index contributed by atoms with van der Waals surface area (Å²) in [6.45, 7) is 3.46. The van der Waals surface area contributed by atoms with Gasteiger partial charge in [-0.2, -0.15) is 0 Å². The van der Waals surface area contributed by atoms with Crippen LogP contribution in [0.1, 0.15) is 0 Å². The summed E-state index contributed by atoms with van der Waals surface area (Å²) in [4.78, 5) is 0. The molecule has 0 aliphatic heterocycles. The first kappa shape index (κ1) is 16.8. The Balaban J connectivity index is 3.60. The number of rotatable bonds is 13. The quantitative estimate of drug-likeness (QED) is 0.347. The molecule has 0 heterocycles. The fourth-order valence-electron chi connectivity index (χ4n) is 0.992. The van der Waals surface area contributed by atoms with Crippen LogP contribution in [0.5, 0.6) is 0 Å². The molecule has 0 saturated heterocycles. The summed E-state index contributed by atoms with van der Waals surface area (Å²) in [5, 5.41) is 0. The smallest absolute Gasteiger partial charge is 0.181 e. The summed E-state index contributed by atoms with van der Waals surface area (Å²) in [5.41, 5.74) is 0. The maximum atomic E-state index is 5.44. The molecular formula is C11H24O6. The highest BCUT2D eigenvalue weighted by molar-refractivity contribution is 4.44. The topological polar surface area (TPSA) is 55.4 Å². The van der Waals surface area contributed by atoms with Gasteiger partial charge in [-0.25, -0.2) is 0 Å². The lowest BCUT2D eigenvalue weighted by atomic mass is 10.6. The van der Waals surface area contributed by atoms with E-state index in [-0.39, 0.29) is 0 Å². The Labute approximate surface area is 103 Å². The third-order valence-electron chi connectivity index (χ3n) is 1.87. The fourth-order valence-corrected chi connectivity index (χ4v) is 0.992. The first-order valence-electron chi connectivity index (χ1n) is 5.63. The van der Waals surface area contributed by atoms with E-state index in [1.807, 2.05) is 0 Å². The van der Waals surface area contributed by atoms with Crippen LogP contribution in [0.4, 0.5) is 0 Å². The van der Waals surface area contributed by atoms with Crippen molar-refractivity contribution in [1.29, 1.82) is 0 Å². The van der Waals surface area contributed by atoms with E-state index >= 15 is 0 Å². The zero-order valence-electron chi connectivity index (χ0n) is 11.0. The molecule has 0 aliphatic carbocycles. The zero-order valence-corrected chi connectivity index (χ0v) is 11.0. The van der Waals surface area contributed by atoms with Gasteiger partial charge in [0.05, 0.1) is 46.2 Å². The first-order valence-corrected chi connectivity index (χ1v) is 5.63. The SMILES string of the molecule is COCCOCC(OCCOC)OCCOC. The summed E-state index contributed by atoms with van der Waals surface area (Å²) in [7, 11) is 4.88. The fraction of sp³-hybridized carbons (Fsp3) is 1.00. The lowest BCUT2D eigenvalue weighted by Crippen LogP contribution is -2.27. The van der Waals surface area contributed by atoms with Gasteiger partial charge in [0.1, 0.15) is 0 Å². The Morgan fingerprint density at radius 1 is 0.647 bits per heavy atom. The van der Waals surface area contributed by atoms with E-state index in [0.29, 0.717) is 46.2 Å². The average molecular weight is 252 g/mol. The van der Waals surface area contributed by atoms with E-state index in [0.717, 1.165) is 0 Å². The van der Waals surface area contributed by atoms with Crippen LogP contribution in [-0.2, 0) is 28.4 Å². The van der Waals surface area contributed by atoms with Crippen LogP contribution >= 0.6 is 0 Å². The van der Waals surface area contributed by atoms with Crippen LogP contribution < -0.4 is 0 Å². The van der Waals surface area contributed by atoms with Gasteiger partial charge in [0.15, 0.2) is 6.29 Å². The average Bonchev–Trinajstić information content (AvgIpc) is 2.34. The van der Waals surface area contributed by atoms with Crippen molar-refractivity contribution < 1.29 is 28.4 Å². The second kappa shape index (κ2) is 13.8. The summed E-state index contributed by atoms with van der Waals surface area (Å²) in [5.74, 6) is 0. The van der Waals surface area contributed by atoms with Gasteiger partial charge in [0, 0.05) is 21.3 Å². The van der Waals surface area contributed by atoms with Crippen LogP contribution in [0, 0.1) is 0 Å². The second-order valence-electron chi connectivity index (χ2n) is 3.22. The van der Waals surface area contributed by atoms with Crippen molar-refractivity contribution in [2.24, 2.45) is 0 Å². The maximum absolute atomic E-state index is 5.44. The maximum Gasteiger partial charge on any atom is 0.181 e. The number of hydrogen-bond acceptors (Lipinski definition) is 6. The van der Waals surface area contributed by atoms with Crippen molar-refractivity contribution in [3.63, 3.8) is 0 Å². The molecule has 0 N–H and O–H groups in total. The minimum absolute atomic E-state index is 0.372. The normalized spacial score (nSPS) is 11.3. The van der Waals surface area contributed by atoms with Crippen molar-refractivity contribution in [2.75, 3.05) is 67.6 Å². The zero-order chi connectivity index (χ0) is 12.8. The molecule has 0 unspecified atom stereocenters. The van der Waals surface area contributed by atoms with Crippen molar-refractivity contribution in [3.8, 4) is 0 Å². The Morgan fingerprint density at radius 2 is 1.12 bits per heavy atom. The van der Waals surface area contributed by atoms with Crippen molar-refractivity contribution in [3.05, 3.63) is 0 Å². The molecule has 0 fully saturated rings. The molecule has 6 nitrogen and oxygen atoms in total. The van der Waals surface area contributed by atoms with Gasteiger partial charge >= 0.3 is 0 Å². The largest absolute Gasteiger partial charge is 0.382 e. The van der Waals surface area contributed by atoms with Crippen molar-refractivity contribution >= 4 is 0 Å². The van der Waals surface area contributed by atoms with Gasteiger partial charge in [0.25, 0.3) is 0 Å². The minimum Gasteiger partial charge on any atom is -0.382 e. The molecular weight excluding hydrogens is 228 g/mol. The predicted octanol–water partition coefficient (Wildman–Crippen LogP) is 0.302. The number of ether oxygens (including phenoxy) is 6. The summed E-state index contributed by atoms with van der Waals surface area (Å²) < 4.78 is 30.9. The molecule has 17 heavy (non-hydrogen) atoms. The van der Waals surface area contributed by atoms with Gasteiger partial charge in [-0.05, 0) is 0 Å². The second-order valence-corrected chi connectivity index (χ2v) is 3.22. The number of methoxy groups -OCH3 is 3. The first-order chi connectivity index (χ1) is 8.35. The molecule has 0 atom stereocenters. The monoisotopic (exact) mass is 252 g/mol. The van der Waals surface area contributed by atoms with Crippen LogP contribution in [0.25, 0.3) is 0 Å². The standard InChI is InChI=1S/C11H24O6/c1-12-4-7-15-10-11(16-8-5-13-2)17-9-6-14-3/h11H,4-10H2,1-3H3. The third-order valence-corrected chi connectivity index (χ3v) is 1.87. The Bertz CT molecular complexity index is 134. The van der Waals surface area contributed by atoms with E-state index in [4.69, 9.17) is 28.4 Å². The molecule has 0 aromatic carbocycles. The molecule has 0 aliphatic rings. The van der Waals surface area contributed by atoms with E-state index in [1.165, 1.54) is 0 Å². The Morgan fingerprint density at radius 3 is 1.59 bits per heavy atom. The highest BCUT2D eigenvalue weighted by Gasteiger charge is 2.09. The summed E-state index contributed by atoms with van der Waals surface area (Å²) in [6.07, 6.45) is -0.392. The lowest BCUT2D eigenvalue weighted by Gasteiger charge is -2.18. The molecule has 0 amide bonds. The van der Waals surface area contributed by atoms with Gasteiger partial charge in [-0.15, -0.1) is 0 Å². The molecule has 0 radical (unpaired) electrons. The molecule has 0 bridgehead atoms. The Kier molecular flexibility index (Phi) is 13.6. The minimum atomic E-state index is -0.392. The van der Waals surface area contributed by atoms with Crippen molar-refractivity contribution in [2.45, 2.75) is 6.29 Å². The van der Waals surface area contributed by atoms with Crippen LogP contribution in [0.3, 0.4) is 0 Å². The number of hydrogen-bond donors (Lipinski definition) is 0. The molecule has 0 saturated carbocycles. The molecule has 0 aromatic rings. The van der Waals surface area contributed by atoms with E-state index in [9.17, 15) is 0 Å². The molecule has 0 rings (SSSR count).